The van der Waals surface area contributed by atoms with Crippen molar-refractivity contribution in [3.63, 3.8) is 0 Å². The highest BCUT2D eigenvalue weighted by Gasteiger charge is 2.06. The summed E-state index contributed by atoms with van der Waals surface area (Å²) >= 11 is 0. The first-order chi connectivity index (χ1) is 11.5. The van der Waals surface area contributed by atoms with Crippen LogP contribution in [0.4, 0.5) is 5.69 Å². The predicted molar refractivity (Wildman–Crippen MR) is 98.4 cm³/mol. The zero-order valence-electron chi connectivity index (χ0n) is 14.7. The number of aryl methyl sites for hydroxylation is 3. The first kappa shape index (κ1) is 17.9. The van der Waals surface area contributed by atoms with Gasteiger partial charge in [0.2, 0.25) is 5.91 Å². The zero-order valence-corrected chi connectivity index (χ0v) is 14.7. The molecule has 2 aromatic carbocycles. The molecule has 0 spiro atoms. The van der Waals surface area contributed by atoms with Crippen LogP contribution in [0.3, 0.4) is 0 Å². The number of rotatable bonds is 7. The van der Waals surface area contributed by atoms with Crippen molar-refractivity contribution >= 4 is 11.6 Å². The summed E-state index contributed by atoms with van der Waals surface area (Å²) < 4.78 is 5.18. The molecule has 4 nitrogen and oxygen atoms in total. The molecule has 1 amide bonds. The number of ether oxygens (including phenoxy) is 1. The normalized spacial score (nSPS) is 10.5. The summed E-state index contributed by atoms with van der Waals surface area (Å²) in [6.07, 6.45) is 2.23. The van der Waals surface area contributed by atoms with Crippen LogP contribution < -0.4 is 15.8 Å². The molecule has 24 heavy (non-hydrogen) atoms. The van der Waals surface area contributed by atoms with Gasteiger partial charge in [-0.3, -0.25) is 4.79 Å². The number of nitrogen functional groups attached to an aromatic ring is 1. The molecule has 0 radical (unpaired) electrons. The highest BCUT2D eigenvalue weighted by molar-refractivity contribution is 5.79. The third kappa shape index (κ3) is 5.01. The van der Waals surface area contributed by atoms with Crippen molar-refractivity contribution in [3.8, 4) is 5.75 Å². The lowest BCUT2D eigenvalue weighted by molar-refractivity contribution is -0.120. The summed E-state index contributed by atoms with van der Waals surface area (Å²) in [5.41, 5.74) is 11.2. The molecule has 4 heteroatoms. The fraction of sp³-hybridized carbons (Fsp3) is 0.350. The van der Waals surface area contributed by atoms with Crippen LogP contribution in [0.2, 0.25) is 0 Å². The van der Waals surface area contributed by atoms with E-state index in [0.29, 0.717) is 24.4 Å². The van der Waals surface area contributed by atoms with Crippen molar-refractivity contribution in [1.82, 2.24) is 5.32 Å². The molecular weight excluding hydrogens is 300 g/mol. The molecule has 0 heterocycles. The molecule has 0 bridgehead atoms. The molecule has 0 aromatic heterocycles. The van der Waals surface area contributed by atoms with E-state index >= 15 is 0 Å². The second kappa shape index (κ2) is 8.39. The van der Waals surface area contributed by atoms with Gasteiger partial charge in [-0.25, -0.2) is 0 Å². The number of amides is 1. The summed E-state index contributed by atoms with van der Waals surface area (Å²) in [5, 5.41) is 2.97. The fourth-order valence-electron chi connectivity index (χ4n) is 2.59. The average Bonchev–Trinajstić information content (AvgIpc) is 2.56. The Labute approximate surface area is 144 Å². The molecule has 0 aliphatic rings. The summed E-state index contributed by atoms with van der Waals surface area (Å²) in [4.78, 5) is 12.0. The van der Waals surface area contributed by atoms with Crippen LogP contribution >= 0.6 is 0 Å². The number of carbonyl (C=O) groups excluding carboxylic acids is 1. The molecule has 0 saturated carbocycles. The van der Waals surface area contributed by atoms with Gasteiger partial charge in [0.25, 0.3) is 0 Å². The van der Waals surface area contributed by atoms with E-state index in [-0.39, 0.29) is 5.91 Å². The third-order valence-electron chi connectivity index (χ3n) is 4.20. The minimum atomic E-state index is 0.0157. The van der Waals surface area contributed by atoms with Gasteiger partial charge in [-0.05, 0) is 61.1 Å². The number of nitrogens with two attached hydrogens (primary N) is 1. The quantitative estimate of drug-likeness (QED) is 0.607. The van der Waals surface area contributed by atoms with Gasteiger partial charge in [0.05, 0.1) is 19.2 Å². The Hall–Kier alpha value is -2.49. The molecule has 0 unspecified atom stereocenters. The predicted octanol–water partition coefficient (Wildman–Crippen LogP) is 3.19. The van der Waals surface area contributed by atoms with Crippen molar-refractivity contribution in [2.75, 3.05) is 19.4 Å². The minimum absolute atomic E-state index is 0.0157. The Morgan fingerprint density at radius 2 is 1.83 bits per heavy atom. The molecular formula is C20H26N2O2. The zero-order chi connectivity index (χ0) is 17.5. The maximum atomic E-state index is 12.0. The van der Waals surface area contributed by atoms with Gasteiger partial charge in [-0.2, -0.15) is 0 Å². The number of methoxy groups -OCH3 is 1. The first-order valence-electron chi connectivity index (χ1n) is 8.25. The van der Waals surface area contributed by atoms with E-state index < -0.39 is 0 Å². The Morgan fingerprint density at radius 3 is 2.54 bits per heavy atom. The number of nitrogens with one attached hydrogen (secondary N) is 1. The van der Waals surface area contributed by atoms with Gasteiger partial charge in [0.1, 0.15) is 5.75 Å². The first-order valence-corrected chi connectivity index (χ1v) is 8.25. The van der Waals surface area contributed by atoms with E-state index in [9.17, 15) is 4.79 Å². The molecule has 0 aliphatic carbocycles. The van der Waals surface area contributed by atoms with Gasteiger partial charge >= 0.3 is 0 Å². The molecule has 128 valence electrons. The SMILES string of the molecule is COc1cc(CC(=O)NCCCc2ccc(C)c(C)c2)ccc1N. The van der Waals surface area contributed by atoms with Gasteiger partial charge in [0.15, 0.2) is 0 Å². The summed E-state index contributed by atoms with van der Waals surface area (Å²) in [7, 11) is 1.57. The second-order valence-electron chi connectivity index (χ2n) is 6.13. The Bertz CT molecular complexity index is 711. The highest BCUT2D eigenvalue weighted by Crippen LogP contribution is 2.22. The molecule has 0 saturated heterocycles. The van der Waals surface area contributed by atoms with Crippen molar-refractivity contribution in [2.24, 2.45) is 0 Å². The van der Waals surface area contributed by atoms with Gasteiger partial charge in [-0.1, -0.05) is 24.3 Å². The van der Waals surface area contributed by atoms with Crippen molar-refractivity contribution < 1.29 is 9.53 Å². The monoisotopic (exact) mass is 326 g/mol. The molecule has 0 atom stereocenters. The van der Waals surface area contributed by atoms with E-state index in [0.717, 1.165) is 18.4 Å². The van der Waals surface area contributed by atoms with Gasteiger partial charge in [0, 0.05) is 6.54 Å². The van der Waals surface area contributed by atoms with Crippen LogP contribution in [0, 0.1) is 13.8 Å². The Kier molecular flexibility index (Phi) is 6.24. The summed E-state index contributed by atoms with van der Waals surface area (Å²) in [6, 6.07) is 12.0. The van der Waals surface area contributed by atoms with Crippen LogP contribution in [-0.2, 0) is 17.6 Å². The Balaban J connectivity index is 1.76. The molecule has 0 aliphatic heterocycles. The lowest BCUT2D eigenvalue weighted by Crippen LogP contribution is -2.26. The summed E-state index contributed by atoms with van der Waals surface area (Å²) in [5.74, 6) is 0.622. The van der Waals surface area contributed by atoms with Gasteiger partial charge < -0.3 is 15.8 Å². The number of anilines is 1. The smallest absolute Gasteiger partial charge is 0.224 e. The van der Waals surface area contributed by atoms with Crippen LogP contribution in [0.5, 0.6) is 5.75 Å². The number of benzene rings is 2. The van der Waals surface area contributed by atoms with Crippen molar-refractivity contribution in [2.45, 2.75) is 33.1 Å². The average molecular weight is 326 g/mol. The van der Waals surface area contributed by atoms with Gasteiger partial charge in [-0.15, -0.1) is 0 Å². The van der Waals surface area contributed by atoms with E-state index in [1.807, 2.05) is 12.1 Å². The maximum Gasteiger partial charge on any atom is 0.224 e. The topological polar surface area (TPSA) is 64.3 Å². The number of hydrogen-bond acceptors (Lipinski definition) is 3. The lowest BCUT2D eigenvalue weighted by atomic mass is 10.0. The van der Waals surface area contributed by atoms with E-state index in [4.69, 9.17) is 10.5 Å². The third-order valence-corrected chi connectivity index (χ3v) is 4.20. The minimum Gasteiger partial charge on any atom is -0.495 e. The number of hydrogen-bond donors (Lipinski definition) is 2. The van der Waals surface area contributed by atoms with E-state index in [2.05, 4.69) is 37.4 Å². The lowest BCUT2D eigenvalue weighted by Gasteiger charge is -2.09. The van der Waals surface area contributed by atoms with Crippen molar-refractivity contribution in [3.05, 3.63) is 58.7 Å². The van der Waals surface area contributed by atoms with Crippen LogP contribution in [-0.4, -0.2) is 19.6 Å². The number of carbonyl (C=O) groups is 1. The maximum absolute atomic E-state index is 12.0. The molecule has 2 aromatic rings. The molecule has 2 rings (SSSR count). The molecule has 3 N–H and O–H groups in total. The summed E-state index contributed by atoms with van der Waals surface area (Å²) in [6.45, 7) is 4.92. The van der Waals surface area contributed by atoms with Crippen LogP contribution in [0.25, 0.3) is 0 Å². The van der Waals surface area contributed by atoms with Crippen LogP contribution in [0.1, 0.15) is 28.7 Å². The van der Waals surface area contributed by atoms with Crippen molar-refractivity contribution in [1.29, 1.82) is 0 Å². The molecule has 0 fully saturated rings. The standard InChI is InChI=1S/C20H26N2O2/c1-14-6-7-16(11-15(14)2)5-4-10-22-20(23)13-17-8-9-18(21)19(12-17)24-3/h6-9,11-12H,4-5,10,13,21H2,1-3H3,(H,22,23). The highest BCUT2D eigenvalue weighted by atomic mass is 16.5. The largest absolute Gasteiger partial charge is 0.495 e. The van der Waals surface area contributed by atoms with E-state index in [1.165, 1.54) is 16.7 Å². The fourth-order valence-corrected chi connectivity index (χ4v) is 2.59. The second-order valence-corrected chi connectivity index (χ2v) is 6.13. The van der Waals surface area contributed by atoms with Crippen LogP contribution in [0.15, 0.2) is 36.4 Å². The Morgan fingerprint density at radius 1 is 1.08 bits per heavy atom. The van der Waals surface area contributed by atoms with E-state index in [1.54, 1.807) is 13.2 Å².